The van der Waals surface area contributed by atoms with Crippen LogP contribution in [0.5, 0.6) is 5.75 Å². The largest absolute Gasteiger partial charge is 0.868 e. The maximum Gasteiger partial charge on any atom is 0.262 e. The molecule has 1 aliphatic carbocycles. The maximum absolute atomic E-state index is 12.0. The summed E-state index contributed by atoms with van der Waals surface area (Å²) >= 11 is 0. The molecule has 0 spiro atoms. The van der Waals surface area contributed by atoms with Gasteiger partial charge in [-0.05, 0) is 42.2 Å². The Kier molecular flexibility index (Phi) is 3.64. The standard InChI is InChI=1S/C14H15NO4/c1-9-3-2-4-11(14(9)17)7-10-5-6-13(16)12(8-10)15(18)19/h5-9,16H,2-4H2,1H3/p-1/b11-7+/t9-/m1/s1. The molecule has 0 radical (unpaired) electrons. The minimum atomic E-state index is -0.699. The smallest absolute Gasteiger partial charge is 0.262 e. The molecule has 1 aliphatic rings. The van der Waals surface area contributed by atoms with Crippen LogP contribution in [-0.2, 0) is 4.79 Å². The molecule has 0 unspecified atom stereocenters. The van der Waals surface area contributed by atoms with Gasteiger partial charge in [0.25, 0.3) is 5.69 Å². The Morgan fingerprint density at radius 2 is 2.16 bits per heavy atom. The molecule has 1 fully saturated rings. The predicted octanol–water partition coefficient (Wildman–Crippen LogP) is 2.44. The fourth-order valence-electron chi connectivity index (χ4n) is 2.28. The Bertz CT molecular complexity index is 563. The molecule has 100 valence electrons. The quantitative estimate of drug-likeness (QED) is 0.464. The van der Waals surface area contributed by atoms with Crippen molar-refractivity contribution in [3.63, 3.8) is 0 Å². The lowest BCUT2D eigenvalue weighted by atomic mass is 9.84. The second-order valence-electron chi connectivity index (χ2n) is 4.81. The first-order valence-corrected chi connectivity index (χ1v) is 6.19. The van der Waals surface area contributed by atoms with Gasteiger partial charge >= 0.3 is 0 Å². The van der Waals surface area contributed by atoms with Gasteiger partial charge in [-0.3, -0.25) is 14.9 Å². The molecule has 1 saturated carbocycles. The molecule has 19 heavy (non-hydrogen) atoms. The molecule has 0 saturated heterocycles. The predicted molar refractivity (Wildman–Crippen MR) is 68.5 cm³/mol. The van der Waals surface area contributed by atoms with Crippen molar-refractivity contribution < 1.29 is 14.8 Å². The number of allylic oxidation sites excluding steroid dienone is 1. The summed E-state index contributed by atoms with van der Waals surface area (Å²) in [5, 5.41) is 22.0. The van der Waals surface area contributed by atoms with Gasteiger partial charge in [0.2, 0.25) is 0 Å². The van der Waals surface area contributed by atoms with E-state index in [9.17, 15) is 20.0 Å². The van der Waals surface area contributed by atoms with Gasteiger partial charge in [0.05, 0.1) is 4.92 Å². The topological polar surface area (TPSA) is 83.3 Å². The van der Waals surface area contributed by atoms with Gasteiger partial charge in [-0.25, -0.2) is 0 Å². The van der Waals surface area contributed by atoms with Crippen molar-refractivity contribution in [2.24, 2.45) is 5.92 Å². The van der Waals surface area contributed by atoms with Gasteiger partial charge in [-0.2, -0.15) is 0 Å². The Morgan fingerprint density at radius 3 is 2.84 bits per heavy atom. The van der Waals surface area contributed by atoms with E-state index in [1.165, 1.54) is 18.2 Å². The average molecular weight is 260 g/mol. The van der Waals surface area contributed by atoms with Crippen LogP contribution in [0.3, 0.4) is 0 Å². The van der Waals surface area contributed by atoms with E-state index in [0.29, 0.717) is 17.6 Å². The highest BCUT2D eigenvalue weighted by molar-refractivity contribution is 6.01. The molecule has 1 aromatic rings. The summed E-state index contributed by atoms with van der Waals surface area (Å²) in [5.41, 5.74) is 0.765. The first-order valence-electron chi connectivity index (χ1n) is 6.19. The van der Waals surface area contributed by atoms with Crippen LogP contribution in [0.2, 0.25) is 0 Å². The highest BCUT2D eigenvalue weighted by Gasteiger charge is 2.22. The van der Waals surface area contributed by atoms with Crippen LogP contribution < -0.4 is 5.11 Å². The first-order chi connectivity index (χ1) is 8.99. The third-order valence-corrected chi connectivity index (χ3v) is 3.37. The van der Waals surface area contributed by atoms with Crippen LogP contribution in [0.25, 0.3) is 6.08 Å². The molecule has 1 aromatic carbocycles. The number of hydrogen-bond donors (Lipinski definition) is 0. The zero-order valence-electron chi connectivity index (χ0n) is 10.6. The Morgan fingerprint density at radius 1 is 1.42 bits per heavy atom. The van der Waals surface area contributed by atoms with Crippen molar-refractivity contribution in [3.05, 3.63) is 39.4 Å². The van der Waals surface area contributed by atoms with E-state index in [1.54, 1.807) is 6.08 Å². The van der Waals surface area contributed by atoms with Crippen molar-refractivity contribution >= 4 is 17.5 Å². The summed E-state index contributed by atoms with van der Waals surface area (Å²) in [4.78, 5) is 22.0. The van der Waals surface area contributed by atoms with Gasteiger partial charge in [0.15, 0.2) is 5.78 Å². The number of nitro benzene ring substituents is 1. The number of carbonyl (C=O) groups is 1. The van der Waals surface area contributed by atoms with Crippen LogP contribution >= 0.6 is 0 Å². The van der Waals surface area contributed by atoms with Gasteiger partial charge in [0, 0.05) is 12.0 Å². The number of ketones is 1. The van der Waals surface area contributed by atoms with Crippen molar-refractivity contribution in [3.8, 4) is 5.75 Å². The number of rotatable bonds is 2. The molecule has 5 nitrogen and oxygen atoms in total. The molecule has 1 atom stereocenters. The minimum Gasteiger partial charge on any atom is -0.868 e. The van der Waals surface area contributed by atoms with E-state index in [2.05, 4.69) is 0 Å². The highest BCUT2D eigenvalue weighted by Crippen LogP contribution is 2.29. The molecule has 5 heteroatoms. The Labute approximate surface area is 110 Å². The van der Waals surface area contributed by atoms with Crippen LogP contribution in [0.15, 0.2) is 23.8 Å². The number of carbonyl (C=O) groups excluding carboxylic acids is 1. The molecule has 2 rings (SSSR count). The normalized spacial score (nSPS) is 21.6. The van der Waals surface area contributed by atoms with Gasteiger partial charge < -0.3 is 5.11 Å². The van der Waals surface area contributed by atoms with Crippen LogP contribution in [-0.4, -0.2) is 10.7 Å². The Balaban J connectivity index is 2.35. The minimum absolute atomic E-state index is 0.00812. The summed E-state index contributed by atoms with van der Waals surface area (Å²) in [6.07, 6.45) is 4.18. The van der Waals surface area contributed by atoms with Crippen molar-refractivity contribution in [1.29, 1.82) is 0 Å². The number of nitrogens with zero attached hydrogens (tertiary/aromatic N) is 1. The molecule has 0 aliphatic heterocycles. The van der Waals surface area contributed by atoms with Crippen LogP contribution in [0.1, 0.15) is 31.7 Å². The summed E-state index contributed by atoms with van der Waals surface area (Å²) in [6, 6.07) is 3.90. The first kappa shape index (κ1) is 13.3. The zero-order chi connectivity index (χ0) is 14.0. The molecule has 0 heterocycles. The van der Waals surface area contributed by atoms with Gasteiger partial charge in [0.1, 0.15) is 0 Å². The van der Waals surface area contributed by atoms with E-state index in [4.69, 9.17) is 0 Å². The fraction of sp³-hybridized carbons (Fsp3) is 0.357. The lowest BCUT2D eigenvalue weighted by Gasteiger charge is -2.19. The van der Waals surface area contributed by atoms with Crippen LogP contribution in [0, 0.1) is 16.0 Å². The van der Waals surface area contributed by atoms with Crippen molar-refractivity contribution in [2.75, 3.05) is 0 Å². The van der Waals surface area contributed by atoms with Crippen molar-refractivity contribution in [1.82, 2.24) is 0 Å². The summed E-state index contributed by atoms with van der Waals surface area (Å²) in [5.74, 6) is -0.510. The summed E-state index contributed by atoms with van der Waals surface area (Å²) in [6.45, 7) is 1.89. The van der Waals surface area contributed by atoms with E-state index >= 15 is 0 Å². The van der Waals surface area contributed by atoms with E-state index < -0.39 is 16.4 Å². The van der Waals surface area contributed by atoms with Gasteiger partial charge in [-0.15, -0.1) is 0 Å². The number of benzene rings is 1. The van der Waals surface area contributed by atoms with E-state index in [0.717, 1.165) is 12.8 Å². The van der Waals surface area contributed by atoms with E-state index in [-0.39, 0.29) is 11.7 Å². The lowest BCUT2D eigenvalue weighted by Crippen LogP contribution is -2.18. The number of hydrogen-bond acceptors (Lipinski definition) is 4. The summed E-state index contributed by atoms with van der Waals surface area (Å²) < 4.78 is 0. The average Bonchev–Trinajstić information content (AvgIpc) is 2.37. The third kappa shape index (κ3) is 2.81. The highest BCUT2D eigenvalue weighted by atomic mass is 16.6. The second-order valence-corrected chi connectivity index (χ2v) is 4.81. The number of nitro groups is 1. The Hall–Kier alpha value is -2.17. The summed E-state index contributed by atoms with van der Waals surface area (Å²) in [7, 11) is 0. The molecule has 0 amide bonds. The third-order valence-electron chi connectivity index (χ3n) is 3.37. The van der Waals surface area contributed by atoms with E-state index in [1.807, 2.05) is 6.92 Å². The fourth-order valence-corrected chi connectivity index (χ4v) is 2.28. The monoisotopic (exact) mass is 260 g/mol. The maximum atomic E-state index is 12.0. The molecule has 0 bridgehead atoms. The molecule has 0 N–H and O–H groups in total. The lowest BCUT2D eigenvalue weighted by molar-refractivity contribution is -0.398. The van der Waals surface area contributed by atoms with Gasteiger partial charge in [-0.1, -0.05) is 19.1 Å². The molecular weight excluding hydrogens is 246 g/mol. The number of Topliss-reactive ketones (excluding diaryl/α,β-unsaturated/α-hetero) is 1. The SMILES string of the molecule is C[C@@H]1CCC/C(=C\c2ccc([O-])c([N+](=O)[O-])c2)C1=O. The van der Waals surface area contributed by atoms with Crippen molar-refractivity contribution in [2.45, 2.75) is 26.2 Å². The zero-order valence-corrected chi connectivity index (χ0v) is 10.6. The van der Waals surface area contributed by atoms with Crippen LogP contribution in [0.4, 0.5) is 5.69 Å². The molecular formula is C14H14NO4-. The molecule has 0 aromatic heterocycles. The second kappa shape index (κ2) is 5.22.